The third-order valence-electron chi connectivity index (χ3n) is 5.66. The summed E-state index contributed by atoms with van der Waals surface area (Å²) in [5, 5.41) is 2.85. The monoisotopic (exact) mass is 444 g/mol. The Morgan fingerprint density at radius 2 is 1.68 bits per heavy atom. The molecule has 7 nitrogen and oxygen atoms in total. The second kappa shape index (κ2) is 10.3. The molecule has 0 aliphatic carbocycles. The molecule has 2 aromatic rings. The number of carbonyl (C=O) groups excluding carboxylic acids is 1. The summed E-state index contributed by atoms with van der Waals surface area (Å²) in [4.78, 5) is 17.2. The molecule has 1 aliphatic heterocycles. The number of hydrogen-bond donors (Lipinski definition) is 1. The van der Waals surface area contributed by atoms with Crippen molar-refractivity contribution in [1.82, 2.24) is 9.21 Å². The van der Waals surface area contributed by atoms with E-state index in [0.29, 0.717) is 18.8 Å². The van der Waals surface area contributed by atoms with Crippen LogP contribution < -0.4 is 10.2 Å². The van der Waals surface area contributed by atoms with Gasteiger partial charge in [-0.1, -0.05) is 38.1 Å². The first-order valence-corrected chi connectivity index (χ1v) is 12.2. The molecule has 8 heteroatoms. The van der Waals surface area contributed by atoms with Gasteiger partial charge < -0.3 is 10.2 Å². The van der Waals surface area contributed by atoms with Gasteiger partial charge in [-0.15, -0.1) is 0 Å². The van der Waals surface area contributed by atoms with E-state index in [4.69, 9.17) is 0 Å². The number of hydrogen-bond acceptors (Lipinski definition) is 5. The second-order valence-corrected chi connectivity index (χ2v) is 9.65. The predicted octanol–water partition coefficient (Wildman–Crippen LogP) is 2.79. The van der Waals surface area contributed by atoms with E-state index < -0.39 is 10.0 Å². The van der Waals surface area contributed by atoms with Crippen molar-refractivity contribution < 1.29 is 13.2 Å². The van der Waals surface area contributed by atoms with Crippen LogP contribution in [-0.2, 0) is 14.8 Å². The van der Waals surface area contributed by atoms with Crippen molar-refractivity contribution in [3.8, 4) is 0 Å². The first-order chi connectivity index (χ1) is 14.8. The Morgan fingerprint density at radius 1 is 1.00 bits per heavy atom. The fourth-order valence-corrected chi connectivity index (χ4v) is 5.42. The number of rotatable bonds is 8. The van der Waals surface area contributed by atoms with Crippen LogP contribution in [0.2, 0.25) is 0 Å². The Morgan fingerprint density at radius 3 is 2.32 bits per heavy atom. The molecule has 31 heavy (non-hydrogen) atoms. The van der Waals surface area contributed by atoms with Crippen LogP contribution in [0.15, 0.2) is 53.4 Å². The van der Waals surface area contributed by atoms with Crippen LogP contribution in [0.3, 0.4) is 0 Å². The number of nitrogens with zero attached hydrogens (tertiary/aromatic N) is 3. The number of aryl methyl sites for hydroxylation is 1. The van der Waals surface area contributed by atoms with Crippen LogP contribution in [0.1, 0.15) is 19.4 Å². The molecule has 0 saturated carbocycles. The molecule has 2 aromatic carbocycles. The van der Waals surface area contributed by atoms with Crippen molar-refractivity contribution in [2.24, 2.45) is 0 Å². The molecule has 0 aromatic heterocycles. The van der Waals surface area contributed by atoms with E-state index in [0.717, 1.165) is 26.2 Å². The average molecular weight is 445 g/mol. The van der Waals surface area contributed by atoms with E-state index in [1.54, 1.807) is 18.2 Å². The summed E-state index contributed by atoms with van der Waals surface area (Å²) in [6.45, 7) is 10.2. The highest BCUT2D eigenvalue weighted by Gasteiger charge is 2.23. The molecule has 1 amide bonds. The number of benzene rings is 2. The van der Waals surface area contributed by atoms with Crippen LogP contribution in [0, 0.1) is 6.92 Å². The van der Waals surface area contributed by atoms with Crippen molar-refractivity contribution in [3.63, 3.8) is 0 Å². The molecule has 3 rings (SSSR count). The summed E-state index contributed by atoms with van der Waals surface area (Å²) < 4.78 is 26.8. The molecule has 1 heterocycles. The summed E-state index contributed by atoms with van der Waals surface area (Å²) in [5.41, 5.74) is 3.00. The third kappa shape index (κ3) is 5.64. The number of carbonyl (C=O) groups is 1. The maximum atomic E-state index is 12.7. The van der Waals surface area contributed by atoms with Crippen LogP contribution in [0.25, 0.3) is 0 Å². The first-order valence-electron chi connectivity index (χ1n) is 10.8. The van der Waals surface area contributed by atoms with Gasteiger partial charge in [0.05, 0.1) is 11.4 Å². The summed E-state index contributed by atoms with van der Waals surface area (Å²) in [7, 11) is -3.56. The number of amides is 1. The van der Waals surface area contributed by atoms with Gasteiger partial charge in [-0.3, -0.25) is 9.69 Å². The number of nitrogens with one attached hydrogen (secondary N) is 1. The van der Waals surface area contributed by atoms with Gasteiger partial charge in [0.2, 0.25) is 15.9 Å². The maximum absolute atomic E-state index is 12.7. The summed E-state index contributed by atoms with van der Waals surface area (Å²) in [5.74, 6) is -0.137. The molecular weight excluding hydrogens is 412 g/mol. The van der Waals surface area contributed by atoms with Gasteiger partial charge in [-0.2, -0.15) is 4.31 Å². The number of piperazine rings is 1. The smallest absolute Gasteiger partial charge is 0.243 e. The van der Waals surface area contributed by atoms with Crippen LogP contribution in [0.5, 0.6) is 0 Å². The van der Waals surface area contributed by atoms with Gasteiger partial charge in [-0.05, 0) is 36.8 Å². The minimum Gasteiger partial charge on any atom is -0.369 e. The second-order valence-electron chi connectivity index (χ2n) is 7.72. The van der Waals surface area contributed by atoms with E-state index >= 15 is 0 Å². The van der Waals surface area contributed by atoms with Crippen molar-refractivity contribution in [2.75, 3.05) is 56.0 Å². The first kappa shape index (κ1) is 23.2. The number of para-hydroxylation sites is 1. The highest BCUT2D eigenvalue weighted by molar-refractivity contribution is 7.89. The quantitative estimate of drug-likeness (QED) is 0.678. The zero-order valence-electron chi connectivity index (χ0n) is 18.5. The van der Waals surface area contributed by atoms with E-state index in [2.05, 4.69) is 40.2 Å². The molecule has 1 saturated heterocycles. The average Bonchev–Trinajstić information content (AvgIpc) is 2.75. The lowest BCUT2D eigenvalue weighted by atomic mass is 10.1. The summed E-state index contributed by atoms with van der Waals surface area (Å²) in [6.07, 6.45) is 0. The van der Waals surface area contributed by atoms with Gasteiger partial charge in [-0.25, -0.2) is 8.42 Å². The molecule has 0 spiro atoms. The summed E-state index contributed by atoms with van der Waals surface area (Å²) in [6, 6.07) is 14.8. The Hall–Kier alpha value is -2.42. The molecular formula is C23H32N4O3S. The normalized spacial score (nSPS) is 15.3. The number of anilines is 2. The van der Waals surface area contributed by atoms with Gasteiger partial charge in [0.15, 0.2) is 0 Å². The van der Waals surface area contributed by atoms with Gasteiger partial charge in [0, 0.05) is 50.6 Å². The van der Waals surface area contributed by atoms with Crippen LogP contribution >= 0.6 is 0 Å². The van der Waals surface area contributed by atoms with E-state index in [1.165, 1.54) is 21.6 Å². The van der Waals surface area contributed by atoms with Crippen molar-refractivity contribution in [1.29, 1.82) is 0 Å². The SMILES string of the molecule is CCN(CC)S(=O)(=O)c1cccc(NC(=O)CN2CCN(c3ccccc3C)CC2)c1. The van der Waals surface area contributed by atoms with Gasteiger partial charge in [0.1, 0.15) is 0 Å². The van der Waals surface area contributed by atoms with Gasteiger partial charge >= 0.3 is 0 Å². The standard InChI is InChI=1S/C23H32N4O3S/c1-4-27(5-2)31(29,30)21-11-8-10-20(17-21)24-23(28)18-25-13-15-26(16-14-25)22-12-7-6-9-19(22)3/h6-12,17H,4-5,13-16,18H2,1-3H3,(H,24,28). The van der Waals surface area contributed by atoms with Crippen LogP contribution in [0.4, 0.5) is 11.4 Å². The Kier molecular flexibility index (Phi) is 7.69. The molecule has 0 radical (unpaired) electrons. The Balaban J connectivity index is 1.57. The van der Waals surface area contributed by atoms with E-state index in [1.807, 2.05) is 19.9 Å². The fraction of sp³-hybridized carbons (Fsp3) is 0.435. The molecule has 0 bridgehead atoms. The third-order valence-corrected chi connectivity index (χ3v) is 7.70. The lowest BCUT2D eigenvalue weighted by molar-refractivity contribution is -0.117. The minimum atomic E-state index is -3.56. The largest absolute Gasteiger partial charge is 0.369 e. The van der Waals surface area contributed by atoms with Crippen molar-refractivity contribution >= 4 is 27.3 Å². The lowest BCUT2D eigenvalue weighted by Gasteiger charge is -2.36. The predicted molar refractivity (Wildman–Crippen MR) is 125 cm³/mol. The van der Waals surface area contributed by atoms with Crippen LogP contribution in [-0.4, -0.2) is 69.3 Å². The molecule has 168 valence electrons. The van der Waals surface area contributed by atoms with Crippen molar-refractivity contribution in [3.05, 3.63) is 54.1 Å². The summed E-state index contributed by atoms with van der Waals surface area (Å²) >= 11 is 0. The molecule has 1 N–H and O–H groups in total. The molecule has 0 unspecified atom stereocenters. The van der Waals surface area contributed by atoms with Crippen molar-refractivity contribution in [2.45, 2.75) is 25.7 Å². The topological polar surface area (TPSA) is 73.0 Å². The Labute approximate surface area is 185 Å². The molecule has 0 atom stereocenters. The zero-order valence-corrected chi connectivity index (χ0v) is 19.4. The highest BCUT2D eigenvalue weighted by atomic mass is 32.2. The minimum absolute atomic E-state index is 0.137. The lowest BCUT2D eigenvalue weighted by Crippen LogP contribution is -2.48. The van der Waals surface area contributed by atoms with E-state index in [9.17, 15) is 13.2 Å². The maximum Gasteiger partial charge on any atom is 0.243 e. The molecule has 1 fully saturated rings. The zero-order chi connectivity index (χ0) is 22.4. The van der Waals surface area contributed by atoms with Gasteiger partial charge in [0.25, 0.3) is 0 Å². The molecule has 1 aliphatic rings. The number of sulfonamides is 1. The fourth-order valence-electron chi connectivity index (χ4n) is 3.92. The van der Waals surface area contributed by atoms with E-state index in [-0.39, 0.29) is 17.3 Å². The highest BCUT2D eigenvalue weighted by Crippen LogP contribution is 2.21. The Bertz CT molecular complexity index is 997.